The second kappa shape index (κ2) is 7.12. The van der Waals surface area contributed by atoms with E-state index in [0.29, 0.717) is 37.6 Å². The predicted molar refractivity (Wildman–Crippen MR) is 88.0 cm³/mol. The van der Waals surface area contributed by atoms with Gasteiger partial charge in [-0.1, -0.05) is 0 Å². The number of carbonyl (C=O) groups excluding carboxylic acids is 2. The number of nitrogens with one attached hydrogen (secondary N) is 1. The molecular formula is C16H17N5O4. The number of carbonyl (C=O) groups is 2. The first-order chi connectivity index (χ1) is 12.1. The monoisotopic (exact) mass is 343 g/mol. The molecule has 9 heteroatoms. The first-order valence-corrected chi connectivity index (χ1v) is 7.72. The minimum atomic E-state index is -0.505. The van der Waals surface area contributed by atoms with Crippen molar-refractivity contribution in [3.63, 3.8) is 0 Å². The molecule has 3 heterocycles. The maximum absolute atomic E-state index is 12.5. The Morgan fingerprint density at radius 1 is 1.16 bits per heavy atom. The van der Waals surface area contributed by atoms with Crippen LogP contribution in [0.1, 0.15) is 10.4 Å². The molecule has 0 aromatic carbocycles. The third-order valence-electron chi connectivity index (χ3n) is 3.96. The van der Waals surface area contributed by atoms with Crippen molar-refractivity contribution in [3.05, 3.63) is 46.6 Å². The summed E-state index contributed by atoms with van der Waals surface area (Å²) in [5.74, 6) is -0.0545. The molecule has 1 saturated heterocycles. The second-order valence-electron chi connectivity index (χ2n) is 5.47. The molecule has 9 nitrogen and oxygen atoms in total. The van der Waals surface area contributed by atoms with Gasteiger partial charge in [0.05, 0.1) is 7.11 Å². The standard InChI is InChI=1S/C16H17N5O4/c1-25-16(24)21-7-5-20(6-8-21)15(23)12-10-18-13(19-14(12)22)11-3-2-4-17-9-11/h2-4,9-10H,5-8H2,1H3,(H,18,19,22). The van der Waals surface area contributed by atoms with Gasteiger partial charge in [-0.3, -0.25) is 14.6 Å². The van der Waals surface area contributed by atoms with Crippen LogP contribution in [0, 0.1) is 0 Å². The fourth-order valence-electron chi connectivity index (χ4n) is 2.59. The van der Waals surface area contributed by atoms with Gasteiger partial charge >= 0.3 is 6.09 Å². The molecule has 0 unspecified atom stereocenters. The van der Waals surface area contributed by atoms with E-state index in [2.05, 4.69) is 19.7 Å². The summed E-state index contributed by atoms with van der Waals surface area (Å²) in [5, 5.41) is 0. The maximum atomic E-state index is 12.5. The van der Waals surface area contributed by atoms with E-state index in [1.807, 2.05) is 0 Å². The molecule has 25 heavy (non-hydrogen) atoms. The zero-order valence-electron chi connectivity index (χ0n) is 13.6. The summed E-state index contributed by atoms with van der Waals surface area (Å²) in [6.07, 6.45) is 4.04. The third-order valence-corrected chi connectivity index (χ3v) is 3.96. The van der Waals surface area contributed by atoms with Crippen LogP contribution in [0.3, 0.4) is 0 Å². The molecule has 0 saturated carbocycles. The molecule has 2 aromatic heterocycles. The Morgan fingerprint density at radius 2 is 1.88 bits per heavy atom. The summed E-state index contributed by atoms with van der Waals surface area (Å²) >= 11 is 0. The van der Waals surface area contributed by atoms with Gasteiger partial charge in [0.1, 0.15) is 11.4 Å². The highest BCUT2D eigenvalue weighted by molar-refractivity contribution is 5.93. The third kappa shape index (κ3) is 3.49. The number of rotatable bonds is 2. The van der Waals surface area contributed by atoms with Crippen molar-refractivity contribution in [3.8, 4) is 11.4 Å². The van der Waals surface area contributed by atoms with E-state index in [9.17, 15) is 14.4 Å². The summed E-state index contributed by atoms with van der Waals surface area (Å²) in [4.78, 5) is 50.0. The van der Waals surface area contributed by atoms with Crippen molar-refractivity contribution in [2.75, 3.05) is 33.3 Å². The molecule has 1 aliphatic rings. The van der Waals surface area contributed by atoms with Crippen molar-refractivity contribution in [1.29, 1.82) is 0 Å². The second-order valence-corrected chi connectivity index (χ2v) is 5.47. The first kappa shape index (κ1) is 16.6. The summed E-state index contributed by atoms with van der Waals surface area (Å²) in [5.41, 5.74) is 0.124. The molecule has 3 rings (SSSR count). The van der Waals surface area contributed by atoms with Gasteiger partial charge in [0, 0.05) is 50.3 Å². The molecule has 130 valence electrons. The molecule has 0 aliphatic carbocycles. The summed E-state index contributed by atoms with van der Waals surface area (Å²) < 4.78 is 4.66. The van der Waals surface area contributed by atoms with Crippen LogP contribution >= 0.6 is 0 Å². The molecule has 2 aromatic rings. The van der Waals surface area contributed by atoms with Gasteiger partial charge in [0.25, 0.3) is 11.5 Å². The summed E-state index contributed by atoms with van der Waals surface area (Å²) in [7, 11) is 1.31. The Balaban J connectivity index is 1.73. The number of amides is 2. The van der Waals surface area contributed by atoms with Crippen LogP contribution in [0.2, 0.25) is 0 Å². The Morgan fingerprint density at radius 3 is 2.48 bits per heavy atom. The van der Waals surface area contributed by atoms with E-state index in [0.717, 1.165) is 0 Å². The molecule has 1 N–H and O–H groups in total. The van der Waals surface area contributed by atoms with Gasteiger partial charge in [0.2, 0.25) is 0 Å². The van der Waals surface area contributed by atoms with Gasteiger partial charge in [-0.2, -0.15) is 0 Å². The minimum absolute atomic E-state index is 0.0286. The van der Waals surface area contributed by atoms with Crippen molar-refractivity contribution in [1.82, 2.24) is 24.8 Å². The van der Waals surface area contributed by atoms with Crippen molar-refractivity contribution >= 4 is 12.0 Å². The van der Waals surface area contributed by atoms with Crippen LogP contribution in [-0.4, -0.2) is 70.0 Å². The Kier molecular flexibility index (Phi) is 4.73. The van der Waals surface area contributed by atoms with E-state index in [1.54, 1.807) is 24.5 Å². The zero-order chi connectivity index (χ0) is 17.8. The number of methoxy groups -OCH3 is 1. The molecule has 1 fully saturated rings. The molecular weight excluding hydrogens is 326 g/mol. The lowest BCUT2D eigenvalue weighted by atomic mass is 10.2. The SMILES string of the molecule is COC(=O)N1CCN(C(=O)c2cnc(-c3cccnc3)[nH]c2=O)CC1. The fraction of sp³-hybridized carbons (Fsp3) is 0.312. The quantitative estimate of drug-likeness (QED) is 0.843. The Labute approximate surface area is 143 Å². The number of aromatic nitrogens is 3. The van der Waals surface area contributed by atoms with Crippen LogP contribution < -0.4 is 5.56 Å². The maximum Gasteiger partial charge on any atom is 0.409 e. The first-order valence-electron chi connectivity index (χ1n) is 7.72. The van der Waals surface area contributed by atoms with E-state index in [4.69, 9.17) is 0 Å². The Hall–Kier alpha value is -3.23. The van der Waals surface area contributed by atoms with Crippen LogP contribution in [0.5, 0.6) is 0 Å². The summed E-state index contributed by atoms with van der Waals surface area (Å²) in [6.45, 7) is 1.38. The highest BCUT2D eigenvalue weighted by Crippen LogP contribution is 2.11. The molecule has 2 amide bonds. The molecule has 0 atom stereocenters. The van der Waals surface area contributed by atoms with Crippen molar-refractivity contribution in [2.45, 2.75) is 0 Å². The van der Waals surface area contributed by atoms with Crippen LogP contribution in [-0.2, 0) is 4.74 Å². The Bertz CT molecular complexity index is 828. The van der Waals surface area contributed by atoms with E-state index in [1.165, 1.54) is 23.1 Å². The van der Waals surface area contributed by atoms with Gasteiger partial charge in [-0.05, 0) is 12.1 Å². The zero-order valence-corrected chi connectivity index (χ0v) is 13.6. The van der Waals surface area contributed by atoms with Gasteiger partial charge < -0.3 is 19.5 Å². The average molecular weight is 343 g/mol. The number of aromatic amines is 1. The topological polar surface area (TPSA) is 108 Å². The predicted octanol–water partition coefficient (Wildman–Crippen LogP) is 0.356. The molecule has 0 radical (unpaired) electrons. The smallest absolute Gasteiger partial charge is 0.409 e. The fourth-order valence-corrected chi connectivity index (χ4v) is 2.59. The van der Waals surface area contributed by atoms with Gasteiger partial charge in [0.15, 0.2) is 0 Å². The molecule has 1 aliphatic heterocycles. The van der Waals surface area contributed by atoms with E-state index < -0.39 is 17.6 Å². The number of ether oxygens (including phenoxy) is 1. The van der Waals surface area contributed by atoms with Crippen LogP contribution in [0.15, 0.2) is 35.5 Å². The number of hydrogen-bond donors (Lipinski definition) is 1. The molecule has 0 bridgehead atoms. The lowest BCUT2D eigenvalue weighted by molar-refractivity contribution is 0.0597. The lowest BCUT2D eigenvalue weighted by Gasteiger charge is -2.33. The van der Waals surface area contributed by atoms with Gasteiger partial charge in [-0.15, -0.1) is 0 Å². The van der Waals surface area contributed by atoms with Crippen molar-refractivity contribution in [2.24, 2.45) is 0 Å². The largest absolute Gasteiger partial charge is 0.453 e. The minimum Gasteiger partial charge on any atom is -0.453 e. The van der Waals surface area contributed by atoms with Crippen LogP contribution in [0.4, 0.5) is 4.79 Å². The van der Waals surface area contributed by atoms with E-state index >= 15 is 0 Å². The number of pyridine rings is 1. The number of H-pyrrole nitrogens is 1. The highest BCUT2D eigenvalue weighted by atomic mass is 16.5. The van der Waals surface area contributed by atoms with Crippen molar-refractivity contribution < 1.29 is 14.3 Å². The normalized spacial score (nSPS) is 14.3. The molecule has 0 spiro atoms. The van der Waals surface area contributed by atoms with E-state index in [-0.39, 0.29) is 5.56 Å². The highest BCUT2D eigenvalue weighted by Gasteiger charge is 2.26. The number of piperazine rings is 1. The number of hydrogen-bond acceptors (Lipinski definition) is 6. The van der Waals surface area contributed by atoms with Crippen LogP contribution in [0.25, 0.3) is 11.4 Å². The van der Waals surface area contributed by atoms with Gasteiger partial charge in [-0.25, -0.2) is 9.78 Å². The summed E-state index contributed by atoms with van der Waals surface area (Å²) in [6, 6.07) is 3.49. The number of nitrogens with zero attached hydrogens (tertiary/aromatic N) is 4. The lowest BCUT2D eigenvalue weighted by Crippen LogP contribution is -2.51. The average Bonchev–Trinajstić information content (AvgIpc) is 2.67.